The Labute approximate surface area is 136 Å². The molecule has 2 heterocycles. The second-order valence-electron chi connectivity index (χ2n) is 4.74. The maximum absolute atomic E-state index is 12.0. The molecule has 0 atom stereocenters. The van der Waals surface area contributed by atoms with Crippen molar-refractivity contribution in [2.75, 3.05) is 5.32 Å². The van der Waals surface area contributed by atoms with Gasteiger partial charge in [0.1, 0.15) is 0 Å². The van der Waals surface area contributed by atoms with E-state index in [-0.39, 0.29) is 5.91 Å². The van der Waals surface area contributed by atoms with Gasteiger partial charge >= 0.3 is 0 Å². The van der Waals surface area contributed by atoms with Gasteiger partial charge in [0.25, 0.3) is 5.91 Å². The van der Waals surface area contributed by atoms with Crippen LogP contribution >= 0.6 is 15.9 Å². The zero-order valence-corrected chi connectivity index (χ0v) is 13.2. The molecule has 6 heteroatoms. The van der Waals surface area contributed by atoms with Gasteiger partial charge in [-0.25, -0.2) is 0 Å². The van der Waals surface area contributed by atoms with Crippen molar-refractivity contribution in [3.05, 3.63) is 76.8 Å². The van der Waals surface area contributed by atoms with E-state index < -0.39 is 0 Å². The predicted octanol–water partition coefficient (Wildman–Crippen LogP) is 3.34. The topological polar surface area (TPSA) is 59.8 Å². The molecule has 3 rings (SSSR count). The lowest BCUT2D eigenvalue weighted by Gasteiger charge is -2.03. The lowest BCUT2D eigenvalue weighted by atomic mass is 10.2. The highest BCUT2D eigenvalue weighted by atomic mass is 79.9. The fourth-order valence-electron chi connectivity index (χ4n) is 2.00. The molecule has 0 unspecified atom stereocenters. The van der Waals surface area contributed by atoms with Gasteiger partial charge in [0.2, 0.25) is 0 Å². The van der Waals surface area contributed by atoms with Crippen LogP contribution in [0.3, 0.4) is 0 Å². The summed E-state index contributed by atoms with van der Waals surface area (Å²) in [4.78, 5) is 15.9. The average molecular weight is 357 g/mol. The van der Waals surface area contributed by atoms with Crippen molar-refractivity contribution >= 4 is 27.5 Å². The first kappa shape index (κ1) is 14.5. The van der Waals surface area contributed by atoms with E-state index in [9.17, 15) is 4.79 Å². The van der Waals surface area contributed by atoms with Crippen LogP contribution < -0.4 is 5.32 Å². The first-order valence-corrected chi connectivity index (χ1v) is 7.48. The number of amides is 1. The van der Waals surface area contributed by atoms with Crippen LogP contribution in [0.2, 0.25) is 0 Å². The number of aromatic nitrogens is 3. The summed E-state index contributed by atoms with van der Waals surface area (Å²) in [6.07, 6.45) is 6.62. The van der Waals surface area contributed by atoms with E-state index in [1.54, 1.807) is 41.6 Å². The van der Waals surface area contributed by atoms with Gasteiger partial charge in [-0.15, -0.1) is 0 Å². The molecular weight excluding hydrogens is 344 g/mol. The summed E-state index contributed by atoms with van der Waals surface area (Å²) < 4.78 is 2.83. The summed E-state index contributed by atoms with van der Waals surface area (Å²) >= 11 is 3.41. The fraction of sp³-hybridized carbons (Fsp3) is 0.0625. The normalized spacial score (nSPS) is 10.4. The Kier molecular flexibility index (Phi) is 4.29. The molecule has 1 N–H and O–H groups in total. The molecule has 0 bridgehead atoms. The Bertz CT molecular complexity index is 768. The lowest BCUT2D eigenvalue weighted by molar-refractivity contribution is 0.102. The summed E-state index contributed by atoms with van der Waals surface area (Å²) in [5, 5.41) is 7.07. The second-order valence-corrected chi connectivity index (χ2v) is 5.66. The second kappa shape index (κ2) is 6.53. The van der Waals surface area contributed by atoms with Gasteiger partial charge in [-0.3, -0.25) is 14.5 Å². The summed E-state index contributed by atoms with van der Waals surface area (Å²) in [6, 6.07) is 11.4. The number of hydrogen-bond donors (Lipinski definition) is 1. The molecule has 1 amide bonds. The molecule has 0 aliphatic heterocycles. The van der Waals surface area contributed by atoms with Crippen LogP contribution in [-0.2, 0) is 6.54 Å². The predicted molar refractivity (Wildman–Crippen MR) is 87.7 cm³/mol. The van der Waals surface area contributed by atoms with Crippen LogP contribution in [-0.4, -0.2) is 20.7 Å². The highest BCUT2D eigenvalue weighted by Crippen LogP contribution is 2.13. The standard InChI is InChI=1S/C16H13BrN4O/c17-14-3-1-12(2-4-14)10-21-11-15(9-19-21)20-16(22)13-5-7-18-8-6-13/h1-9,11H,10H2,(H,20,22). The average Bonchev–Trinajstić information content (AvgIpc) is 2.97. The van der Waals surface area contributed by atoms with E-state index in [2.05, 4.69) is 31.3 Å². The van der Waals surface area contributed by atoms with Crippen molar-refractivity contribution in [3.8, 4) is 0 Å². The SMILES string of the molecule is O=C(Nc1cnn(Cc2ccc(Br)cc2)c1)c1ccncc1. The first-order chi connectivity index (χ1) is 10.7. The summed E-state index contributed by atoms with van der Waals surface area (Å²) in [7, 11) is 0. The number of nitrogens with one attached hydrogen (secondary N) is 1. The number of halogens is 1. The molecule has 0 saturated carbocycles. The summed E-state index contributed by atoms with van der Waals surface area (Å²) in [6.45, 7) is 0.651. The van der Waals surface area contributed by atoms with Gasteiger partial charge in [-0.05, 0) is 29.8 Å². The molecule has 0 aliphatic rings. The van der Waals surface area contributed by atoms with Crippen LogP contribution in [0.15, 0.2) is 65.7 Å². The van der Waals surface area contributed by atoms with Crippen LogP contribution in [0.4, 0.5) is 5.69 Å². The minimum Gasteiger partial charge on any atom is -0.319 e. The molecule has 1 aromatic carbocycles. The maximum atomic E-state index is 12.0. The number of carbonyl (C=O) groups excluding carboxylic acids is 1. The van der Waals surface area contributed by atoms with Gasteiger partial charge in [0, 0.05) is 28.6 Å². The Morgan fingerprint density at radius 1 is 1.14 bits per heavy atom. The third-order valence-corrected chi connectivity index (χ3v) is 3.62. The molecule has 5 nitrogen and oxygen atoms in total. The van der Waals surface area contributed by atoms with Crippen LogP contribution in [0, 0.1) is 0 Å². The minimum atomic E-state index is -0.175. The van der Waals surface area contributed by atoms with Crippen LogP contribution in [0.5, 0.6) is 0 Å². The third kappa shape index (κ3) is 3.59. The number of carbonyl (C=O) groups is 1. The van der Waals surface area contributed by atoms with E-state index in [4.69, 9.17) is 0 Å². The largest absolute Gasteiger partial charge is 0.319 e. The van der Waals surface area contributed by atoms with Crippen molar-refractivity contribution in [1.82, 2.24) is 14.8 Å². The molecular formula is C16H13BrN4O. The van der Waals surface area contributed by atoms with Gasteiger partial charge in [-0.1, -0.05) is 28.1 Å². The lowest BCUT2D eigenvalue weighted by Crippen LogP contribution is -2.11. The highest BCUT2D eigenvalue weighted by Gasteiger charge is 2.07. The van der Waals surface area contributed by atoms with Crippen molar-refractivity contribution < 1.29 is 4.79 Å². The zero-order chi connectivity index (χ0) is 15.4. The number of hydrogen-bond acceptors (Lipinski definition) is 3. The molecule has 0 spiro atoms. The van der Waals surface area contributed by atoms with E-state index >= 15 is 0 Å². The molecule has 0 radical (unpaired) electrons. The molecule has 22 heavy (non-hydrogen) atoms. The van der Waals surface area contributed by atoms with E-state index in [0.717, 1.165) is 10.0 Å². The monoisotopic (exact) mass is 356 g/mol. The molecule has 110 valence electrons. The summed E-state index contributed by atoms with van der Waals surface area (Å²) in [5.41, 5.74) is 2.37. The number of nitrogens with zero attached hydrogens (tertiary/aromatic N) is 3. The quantitative estimate of drug-likeness (QED) is 0.779. The van der Waals surface area contributed by atoms with Crippen molar-refractivity contribution in [1.29, 1.82) is 0 Å². The van der Waals surface area contributed by atoms with Gasteiger partial charge in [0.15, 0.2) is 0 Å². The van der Waals surface area contributed by atoms with E-state index in [1.165, 1.54) is 0 Å². The maximum Gasteiger partial charge on any atom is 0.255 e. The smallest absolute Gasteiger partial charge is 0.255 e. The molecule has 3 aromatic rings. The Morgan fingerprint density at radius 2 is 1.86 bits per heavy atom. The van der Waals surface area contributed by atoms with Crippen LogP contribution in [0.1, 0.15) is 15.9 Å². The highest BCUT2D eigenvalue weighted by molar-refractivity contribution is 9.10. The fourth-order valence-corrected chi connectivity index (χ4v) is 2.26. The van der Waals surface area contributed by atoms with E-state index in [1.807, 2.05) is 24.3 Å². The molecule has 0 fully saturated rings. The van der Waals surface area contributed by atoms with Crippen molar-refractivity contribution in [3.63, 3.8) is 0 Å². The van der Waals surface area contributed by atoms with E-state index in [0.29, 0.717) is 17.8 Å². The molecule has 0 aliphatic carbocycles. The molecule has 0 saturated heterocycles. The Hall–Kier alpha value is -2.47. The third-order valence-electron chi connectivity index (χ3n) is 3.09. The van der Waals surface area contributed by atoms with Gasteiger partial charge in [0.05, 0.1) is 18.4 Å². The van der Waals surface area contributed by atoms with Crippen molar-refractivity contribution in [2.24, 2.45) is 0 Å². The van der Waals surface area contributed by atoms with Gasteiger partial charge in [-0.2, -0.15) is 5.10 Å². The molecule has 2 aromatic heterocycles. The number of pyridine rings is 1. The Balaban J connectivity index is 1.66. The zero-order valence-electron chi connectivity index (χ0n) is 11.6. The Morgan fingerprint density at radius 3 is 2.59 bits per heavy atom. The van der Waals surface area contributed by atoms with Crippen LogP contribution in [0.25, 0.3) is 0 Å². The number of benzene rings is 1. The first-order valence-electron chi connectivity index (χ1n) is 6.69. The number of anilines is 1. The minimum absolute atomic E-state index is 0.175. The van der Waals surface area contributed by atoms with Gasteiger partial charge < -0.3 is 5.32 Å². The van der Waals surface area contributed by atoms with Crippen molar-refractivity contribution in [2.45, 2.75) is 6.54 Å². The summed E-state index contributed by atoms with van der Waals surface area (Å²) in [5.74, 6) is -0.175. The number of rotatable bonds is 4.